The third-order valence-electron chi connectivity index (χ3n) is 4.53. The van der Waals surface area contributed by atoms with Gasteiger partial charge in [0.1, 0.15) is 0 Å². The molecule has 0 unspecified atom stereocenters. The summed E-state index contributed by atoms with van der Waals surface area (Å²) in [7, 11) is 1.34. The van der Waals surface area contributed by atoms with Crippen LogP contribution in [0.15, 0.2) is 28.6 Å². The summed E-state index contributed by atoms with van der Waals surface area (Å²) in [5.41, 5.74) is 1.79. The predicted octanol–water partition coefficient (Wildman–Crippen LogP) is 3.29. The lowest BCUT2D eigenvalue weighted by Crippen LogP contribution is -2.33. The summed E-state index contributed by atoms with van der Waals surface area (Å²) in [6, 6.07) is 7.69. The molecule has 1 fully saturated rings. The zero-order valence-corrected chi connectivity index (χ0v) is 17.6. The number of thioether (sulfide) groups is 1. The minimum absolute atomic E-state index is 0.163. The molecule has 0 radical (unpaired) electrons. The van der Waals surface area contributed by atoms with Crippen molar-refractivity contribution in [2.45, 2.75) is 30.6 Å². The maximum absolute atomic E-state index is 12.4. The summed E-state index contributed by atoms with van der Waals surface area (Å²) in [4.78, 5) is 26.1. The van der Waals surface area contributed by atoms with Crippen LogP contribution in [0.4, 0.5) is 5.13 Å². The van der Waals surface area contributed by atoms with Crippen molar-refractivity contribution in [3.8, 4) is 0 Å². The van der Waals surface area contributed by atoms with Gasteiger partial charge in [0.2, 0.25) is 5.13 Å². The monoisotopic (exact) mass is 420 g/mol. The Bertz CT molecular complexity index is 810. The summed E-state index contributed by atoms with van der Waals surface area (Å²) < 4.78 is 5.19. The molecule has 0 aliphatic carbocycles. The first-order valence-electron chi connectivity index (χ1n) is 9.19. The molecule has 7 nitrogen and oxygen atoms in total. The topological polar surface area (TPSA) is 84.4 Å². The summed E-state index contributed by atoms with van der Waals surface area (Å²) in [5, 5.41) is 11.1. The second-order valence-electron chi connectivity index (χ2n) is 6.87. The summed E-state index contributed by atoms with van der Waals surface area (Å²) in [6.45, 7) is 5.49. The smallest absolute Gasteiger partial charge is 0.316 e. The minimum Gasteiger partial charge on any atom is -0.468 e. The van der Waals surface area contributed by atoms with E-state index in [0.717, 1.165) is 25.6 Å². The van der Waals surface area contributed by atoms with E-state index < -0.39 is 0 Å². The van der Waals surface area contributed by atoms with Crippen molar-refractivity contribution >= 4 is 40.1 Å². The van der Waals surface area contributed by atoms with E-state index in [9.17, 15) is 9.59 Å². The number of amides is 1. The lowest BCUT2D eigenvalue weighted by atomic mass is 9.99. The number of anilines is 1. The average Bonchev–Trinajstić information content (AvgIpc) is 3.14. The lowest BCUT2D eigenvalue weighted by molar-refractivity contribution is -0.137. The molecule has 1 aromatic carbocycles. The van der Waals surface area contributed by atoms with Crippen molar-refractivity contribution in [3.05, 3.63) is 35.4 Å². The number of carbonyl (C=O) groups excluding carboxylic acids is 2. The fourth-order valence-corrected chi connectivity index (χ4v) is 4.70. The van der Waals surface area contributed by atoms with Crippen molar-refractivity contribution < 1.29 is 14.3 Å². The molecule has 1 amide bonds. The van der Waals surface area contributed by atoms with Crippen LogP contribution in [0.2, 0.25) is 0 Å². The van der Waals surface area contributed by atoms with Crippen LogP contribution in [-0.2, 0) is 16.1 Å². The van der Waals surface area contributed by atoms with Crippen LogP contribution in [0.5, 0.6) is 0 Å². The molecule has 2 aromatic rings. The predicted molar refractivity (Wildman–Crippen MR) is 111 cm³/mol. The van der Waals surface area contributed by atoms with Gasteiger partial charge in [-0.25, -0.2) is 0 Å². The number of likely N-dealkylation sites (tertiary alicyclic amines) is 1. The van der Waals surface area contributed by atoms with Gasteiger partial charge in [-0.15, -0.1) is 10.2 Å². The summed E-state index contributed by atoms with van der Waals surface area (Å²) in [6.07, 6.45) is 2.56. The van der Waals surface area contributed by atoms with Crippen LogP contribution < -0.4 is 5.32 Å². The fourth-order valence-electron chi connectivity index (χ4n) is 3.12. The Balaban J connectivity index is 1.52. The Hall–Kier alpha value is -1.97. The van der Waals surface area contributed by atoms with Crippen molar-refractivity contribution in [2.24, 2.45) is 5.92 Å². The van der Waals surface area contributed by atoms with Gasteiger partial charge in [-0.2, -0.15) is 0 Å². The molecule has 1 aromatic heterocycles. The highest BCUT2D eigenvalue weighted by molar-refractivity contribution is 8.01. The number of piperidine rings is 1. The van der Waals surface area contributed by atoms with Crippen molar-refractivity contribution in [3.63, 3.8) is 0 Å². The van der Waals surface area contributed by atoms with E-state index in [2.05, 4.69) is 32.1 Å². The number of esters is 1. The van der Waals surface area contributed by atoms with Gasteiger partial charge in [0.05, 0.1) is 12.9 Å². The number of methoxy groups -OCH3 is 1. The largest absolute Gasteiger partial charge is 0.468 e. The Morgan fingerprint density at radius 2 is 2.11 bits per heavy atom. The second kappa shape index (κ2) is 9.99. The van der Waals surface area contributed by atoms with E-state index in [1.54, 1.807) is 0 Å². The highest BCUT2D eigenvalue weighted by Gasteiger charge is 2.17. The molecule has 3 rings (SSSR count). The number of rotatable bonds is 7. The Labute approximate surface area is 172 Å². The molecule has 28 heavy (non-hydrogen) atoms. The van der Waals surface area contributed by atoms with Gasteiger partial charge in [0.15, 0.2) is 4.34 Å². The maximum atomic E-state index is 12.4. The van der Waals surface area contributed by atoms with Crippen LogP contribution in [0, 0.1) is 5.92 Å². The number of aromatic nitrogens is 2. The number of hydrogen-bond donors (Lipinski definition) is 1. The molecule has 1 atom stereocenters. The Morgan fingerprint density at radius 1 is 1.32 bits per heavy atom. The molecule has 150 valence electrons. The van der Waals surface area contributed by atoms with Gasteiger partial charge >= 0.3 is 5.97 Å². The van der Waals surface area contributed by atoms with Gasteiger partial charge in [0.25, 0.3) is 5.91 Å². The molecular formula is C19H24N4O3S2. The second-order valence-corrected chi connectivity index (χ2v) is 9.07. The Morgan fingerprint density at radius 3 is 2.82 bits per heavy atom. The zero-order chi connectivity index (χ0) is 19.9. The molecule has 0 saturated carbocycles. The fraction of sp³-hybridized carbons (Fsp3) is 0.474. The van der Waals surface area contributed by atoms with E-state index in [4.69, 9.17) is 0 Å². The number of benzene rings is 1. The molecule has 2 heterocycles. The normalized spacial score (nSPS) is 17.3. The molecular weight excluding hydrogens is 396 g/mol. The number of carbonyl (C=O) groups is 2. The standard InChI is InChI=1S/C19H24N4O3S2/c1-13-4-3-9-23(10-13)11-14-5-7-15(8-6-14)17(25)20-18-21-22-19(28-18)27-12-16(24)26-2/h5-8,13H,3-4,9-12H2,1-2H3,(H,20,21,25)/t13-/m1/s1. The average molecular weight is 421 g/mol. The third kappa shape index (κ3) is 6.02. The highest BCUT2D eigenvalue weighted by Crippen LogP contribution is 2.26. The van der Waals surface area contributed by atoms with E-state index in [0.29, 0.717) is 15.0 Å². The number of ether oxygens (including phenoxy) is 1. The number of nitrogens with one attached hydrogen (secondary N) is 1. The molecule has 1 N–H and O–H groups in total. The SMILES string of the molecule is COC(=O)CSc1nnc(NC(=O)c2ccc(CN3CCC[C@@H](C)C3)cc2)s1. The summed E-state index contributed by atoms with van der Waals surface area (Å²) in [5.74, 6) is 0.362. The number of hydrogen-bond acceptors (Lipinski definition) is 8. The van der Waals surface area contributed by atoms with Crippen molar-refractivity contribution in [1.29, 1.82) is 0 Å². The third-order valence-corrected chi connectivity index (χ3v) is 6.48. The van der Waals surface area contributed by atoms with E-state index >= 15 is 0 Å². The van der Waals surface area contributed by atoms with Crippen LogP contribution >= 0.6 is 23.1 Å². The quantitative estimate of drug-likeness (QED) is 0.418. The molecule has 1 saturated heterocycles. The summed E-state index contributed by atoms with van der Waals surface area (Å²) >= 11 is 2.46. The van der Waals surface area contributed by atoms with Gasteiger partial charge in [-0.1, -0.05) is 42.2 Å². The first kappa shape index (κ1) is 20.8. The highest BCUT2D eigenvalue weighted by atomic mass is 32.2. The van der Waals surface area contributed by atoms with E-state index in [1.165, 1.54) is 48.6 Å². The Kier molecular flexibility index (Phi) is 7.41. The molecule has 1 aliphatic rings. The number of nitrogens with zero attached hydrogens (tertiary/aromatic N) is 3. The van der Waals surface area contributed by atoms with Crippen LogP contribution in [0.1, 0.15) is 35.7 Å². The van der Waals surface area contributed by atoms with Gasteiger partial charge < -0.3 is 4.74 Å². The van der Waals surface area contributed by atoms with Crippen molar-refractivity contribution in [2.75, 3.05) is 31.3 Å². The lowest BCUT2D eigenvalue weighted by Gasteiger charge is -2.30. The molecule has 0 spiro atoms. The van der Waals surface area contributed by atoms with Gasteiger partial charge in [0, 0.05) is 18.7 Å². The van der Waals surface area contributed by atoms with Crippen LogP contribution in [-0.4, -0.2) is 52.9 Å². The first-order valence-corrected chi connectivity index (χ1v) is 11.0. The first-order chi connectivity index (χ1) is 13.5. The molecule has 9 heteroatoms. The molecule has 1 aliphatic heterocycles. The van der Waals surface area contributed by atoms with E-state index in [1.807, 2.05) is 24.3 Å². The zero-order valence-electron chi connectivity index (χ0n) is 16.0. The van der Waals surface area contributed by atoms with Crippen LogP contribution in [0.25, 0.3) is 0 Å². The van der Waals surface area contributed by atoms with Crippen molar-refractivity contribution in [1.82, 2.24) is 15.1 Å². The van der Waals surface area contributed by atoms with E-state index in [-0.39, 0.29) is 17.6 Å². The van der Waals surface area contributed by atoms with Crippen LogP contribution in [0.3, 0.4) is 0 Å². The van der Waals surface area contributed by atoms with Gasteiger partial charge in [-0.3, -0.25) is 19.8 Å². The van der Waals surface area contributed by atoms with Gasteiger partial charge in [-0.05, 0) is 43.0 Å². The minimum atomic E-state index is -0.329. The maximum Gasteiger partial charge on any atom is 0.316 e. The molecule has 0 bridgehead atoms.